The largest absolute Gasteiger partial charge is 0.297 e. The first-order chi connectivity index (χ1) is 8.20. The zero-order valence-electron chi connectivity index (χ0n) is 10.7. The summed E-state index contributed by atoms with van der Waals surface area (Å²) < 4.78 is 0. The lowest BCUT2D eigenvalue weighted by Crippen LogP contribution is -1.77. The van der Waals surface area contributed by atoms with E-state index in [2.05, 4.69) is 26.0 Å². The summed E-state index contributed by atoms with van der Waals surface area (Å²) in [5.74, 6) is 0.578. The molecule has 0 amide bonds. The van der Waals surface area contributed by atoms with Gasteiger partial charge in [0.1, 0.15) is 0 Å². The Bertz CT molecular complexity index is 466. The highest BCUT2D eigenvalue weighted by atomic mass is 32.1. The molecule has 0 fully saturated rings. The monoisotopic (exact) mass is 266 g/mol. The maximum Gasteiger partial charge on any atom is 0.160 e. The molecule has 92 valence electrons. The fourth-order valence-electron chi connectivity index (χ4n) is 1.34. The van der Waals surface area contributed by atoms with Crippen LogP contribution in [0.15, 0.2) is 24.3 Å². The van der Waals surface area contributed by atoms with Crippen molar-refractivity contribution < 1.29 is 4.79 Å². The van der Waals surface area contributed by atoms with Crippen molar-refractivity contribution in [1.29, 1.82) is 0 Å². The van der Waals surface area contributed by atoms with Crippen LogP contribution in [0, 0.1) is 0 Å². The van der Waals surface area contributed by atoms with Gasteiger partial charge in [-0.25, -0.2) is 0 Å². The molecule has 0 aliphatic carbocycles. The Labute approximate surface area is 111 Å². The molecular weight excluding hydrogens is 248 g/mol. The summed E-state index contributed by atoms with van der Waals surface area (Å²) in [5.41, 5.74) is 0. The van der Waals surface area contributed by atoms with E-state index in [-0.39, 0.29) is 0 Å². The topological polar surface area (TPSA) is 17.1 Å². The smallest absolute Gasteiger partial charge is 0.160 e. The Morgan fingerprint density at radius 1 is 1.00 bits per heavy atom. The second-order valence-electron chi connectivity index (χ2n) is 3.68. The molecule has 2 aromatic heterocycles. The molecule has 17 heavy (non-hydrogen) atoms. The molecular formula is C14H18OS2. The summed E-state index contributed by atoms with van der Waals surface area (Å²) >= 11 is 3.37. The molecule has 0 aliphatic rings. The van der Waals surface area contributed by atoms with Crippen LogP contribution in [0.4, 0.5) is 0 Å². The van der Waals surface area contributed by atoms with Crippen LogP contribution in [-0.4, -0.2) is 6.29 Å². The van der Waals surface area contributed by atoms with E-state index < -0.39 is 0 Å². The normalized spacial score (nSPS) is 9.94. The molecule has 2 heterocycles. The maximum atomic E-state index is 10.6. The van der Waals surface area contributed by atoms with E-state index in [4.69, 9.17) is 0 Å². The van der Waals surface area contributed by atoms with E-state index >= 15 is 0 Å². The van der Waals surface area contributed by atoms with Crippen molar-refractivity contribution in [2.75, 3.05) is 0 Å². The average Bonchev–Trinajstić information content (AvgIpc) is 3.00. The molecule has 0 spiro atoms. The van der Waals surface area contributed by atoms with E-state index in [0.717, 1.165) is 11.2 Å². The average molecular weight is 266 g/mol. The summed E-state index contributed by atoms with van der Waals surface area (Å²) in [6.45, 7) is 8.39. The minimum absolute atomic E-state index is 0.578. The molecule has 0 saturated heterocycles. The quantitative estimate of drug-likeness (QED) is 0.676. The first-order valence-electron chi connectivity index (χ1n) is 5.86. The number of carbonyl (C=O) groups is 1. The molecule has 0 radical (unpaired) electrons. The number of thiophene rings is 2. The van der Waals surface area contributed by atoms with Crippen LogP contribution < -0.4 is 0 Å². The highest BCUT2D eigenvalue weighted by molar-refractivity contribution is 7.22. The SMILES string of the molecule is CC.CC(C)c1ccc(-c2ccc(C=O)s2)s1. The van der Waals surface area contributed by atoms with Crippen molar-refractivity contribution in [3.8, 4) is 9.75 Å². The standard InChI is InChI=1S/C12H12OS2.C2H6/c1-8(2)10-5-6-12(15-10)11-4-3-9(7-13)14-11;1-2/h3-8H,1-2H3;1-2H3. The van der Waals surface area contributed by atoms with Crippen molar-refractivity contribution in [1.82, 2.24) is 0 Å². The van der Waals surface area contributed by atoms with Gasteiger partial charge in [-0.3, -0.25) is 4.79 Å². The third kappa shape index (κ3) is 3.51. The summed E-state index contributed by atoms with van der Waals surface area (Å²) in [6.07, 6.45) is 0.908. The highest BCUT2D eigenvalue weighted by Crippen LogP contribution is 2.35. The molecule has 0 aromatic carbocycles. The second kappa shape index (κ2) is 6.72. The maximum absolute atomic E-state index is 10.6. The Morgan fingerprint density at radius 3 is 2.06 bits per heavy atom. The Balaban J connectivity index is 0.000000686. The van der Waals surface area contributed by atoms with Crippen LogP contribution in [0.5, 0.6) is 0 Å². The predicted octanol–water partition coefficient (Wildman–Crippen LogP) is 5.44. The molecule has 2 aromatic rings. The van der Waals surface area contributed by atoms with E-state index in [1.807, 2.05) is 37.3 Å². The van der Waals surface area contributed by atoms with Gasteiger partial charge in [-0.1, -0.05) is 27.7 Å². The van der Waals surface area contributed by atoms with Gasteiger partial charge in [-0.15, -0.1) is 22.7 Å². The van der Waals surface area contributed by atoms with Gasteiger partial charge in [-0.05, 0) is 30.2 Å². The molecule has 1 nitrogen and oxygen atoms in total. The zero-order chi connectivity index (χ0) is 12.8. The number of hydrogen-bond acceptors (Lipinski definition) is 3. The van der Waals surface area contributed by atoms with Gasteiger partial charge in [-0.2, -0.15) is 0 Å². The summed E-state index contributed by atoms with van der Waals surface area (Å²) in [7, 11) is 0. The molecule has 2 rings (SSSR count). The number of rotatable bonds is 3. The van der Waals surface area contributed by atoms with Crippen molar-refractivity contribution in [3.05, 3.63) is 34.0 Å². The first kappa shape index (κ1) is 14.1. The minimum atomic E-state index is 0.578. The van der Waals surface area contributed by atoms with Crippen LogP contribution in [-0.2, 0) is 0 Å². The van der Waals surface area contributed by atoms with Crippen LogP contribution in [0.1, 0.15) is 48.2 Å². The minimum Gasteiger partial charge on any atom is -0.297 e. The Morgan fingerprint density at radius 2 is 1.59 bits per heavy atom. The fourth-order valence-corrected chi connectivity index (χ4v) is 3.27. The van der Waals surface area contributed by atoms with Crippen LogP contribution >= 0.6 is 22.7 Å². The third-order valence-corrected chi connectivity index (χ3v) is 4.77. The Hall–Kier alpha value is -0.930. The molecule has 0 N–H and O–H groups in total. The lowest BCUT2D eigenvalue weighted by atomic mass is 10.2. The molecule has 0 atom stereocenters. The summed E-state index contributed by atoms with van der Waals surface area (Å²) in [6, 6.07) is 8.21. The van der Waals surface area contributed by atoms with Crippen molar-refractivity contribution in [3.63, 3.8) is 0 Å². The van der Waals surface area contributed by atoms with Crippen LogP contribution in [0.25, 0.3) is 9.75 Å². The molecule has 0 unspecified atom stereocenters. The van der Waals surface area contributed by atoms with E-state index in [9.17, 15) is 4.79 Å². The van der Waals surface area contributed by atoms with E-state index in [1.165, 1.54) is 14.6 Å². The predicted molar refractivity (Wildman–Crippen MR) is 78.5 cm³/mol. The molecule has 3 heteroatoms. The number of aldehydes is 1. The fraction of sp³-hybridized carbons (Fsp3) is 0.357. The van der Waals surface area contributed by atoms with Gasteiger partial charge in [0.15, 0.2) is 6.29 Å². The number of hydrogen-bond donors (Lipinski definition) is 0. The van der Waals surface area contributed by atoms with Gasteiger partial charge in [0.2, 0.25) is 0 Å². The number of carbonyl (C=O) groups excluding carboxylic acids is 1. The third-order valence-electron chi connectivity index (χ3n) is 2.18. The Kier molecular flexibility index (Phi) is 5.59. The second-order valence-corrected chi connectivity index (χ2v) is 5.91. The molecule has 0 aliphatic heterocycles. The zero-order valence-corrected chi connectivity index (χ0v) is 12.3. The van der Waals surface area contributed by atoms with Crippen molar-refractivity contribution >= 4 is 29.0 Å². The first-order valence-corrected chi connectivity index (χ1v) is 7.49. The van der Waals surface area contributed by atoms with Gasteiger partial charge in [0.05, 0.1) is 4.88 Å². The van der Waals surface area contributed by atoms with E-state index in [1.54, 1.807) is 11.3 Å². The van der Waals surface area contributed by atoms with Crippen molar-refractivity contribution in [2.24, 2.45) is 0 Å². The molecule has 0 saturated carbocycles. The van der Waals surface area contributed by atoms with Crippen molar-refractivity contribution in [2.45, 2.75) is 33.6 Å². The van der Waals surface area contributed by atoms with Crippen LogP contribution in [0.3, 0.4) is 0 Å². The van der Waals surface area contributed by atoms with E-state index in [0.29, 0.717) is 5.92 Å². The van der Waals surface area contributed by atoms with Gasteiger partial charge < -0.3 is 0 Å². The lowest BCUT2D eigenvalue weighted by molar-refractivity contribution is 0.112. The van der Waals surface area contributed by atoms with Gasteiger partial charge in [0.25, 0.3) is 0 Å². The lowest BCUT2D eigenvalue weighted by Gasteiger charge is -1.97. The summed E-state index contributed by atoms with van der Waals surface area (Å²) in [5, 5.41) is 0. The summed E-state index contributed by atoms with van der Waals surface area (Å²) in [4.78, 5) is 15.2. The van der Waals surface area contributed by atoms with Crippen LogP contribution in [0.2, 0.25) is 0 Å². The van der Waals surface area contributed by atoms with Gasteiger partial charge >= 0.3 is 0 Å². The van der Waals surface area contributed by atoms with Gasteiger partial charge in [0, 0.05) is 14.6 Å². The molecule has 0 bridgehead atoms. The highest BCUT2D eigenvalue weighted by Gasteiger charge is 2.07.